The van der Waals surface area contributed by atoms with E-state index in [1.807, 2.05) is 18.2 Å². The smallest absolute Gasteiger partial charge is 0.128 e. The summed E-state index contributed by atoms with van der Waals surface area (Å²) in [5.74, 6) is -0.252. The molecule has 0 aliphatic rings. The lowest BCUT2D eigenvalue weighted by Crippen LogP contribution is -2.23. The molecule has 106 valence electrons. The number of nitrogens with two attached hydrogens (primary N) is 1. The van der Waals surface area contributed by atoms with Gasteiger partial charge >= 0.3 is 0 Å². The first-order valence-electron chi connectivity index (χ1n) is 6.88. The normalized spacial score (nSPS) is 10.6. The lowest BCUT2D eigenvalue weighted by Gasteiger charge is -2.26. The zero-order valence-corrected chi connectivity index (χ0v) is 12.3. The number of halogens is 1. The largest absolute Gasteiger partial charge is 0.397 e. The summed E-state index contributed by atoms with van der Waals surface area (Å²) in [7, 11) is 0. The molecule has 0 heterocycles. The molecule has 0 radical (unpaired) electrons. The Morgan fingerprint density at radius 2 is 1.80 bits per heavy atom. The van der Waals surface area contributed by atoms with Crippen molar-refractivity contribution < 1.29 is 4.39 Å². The molecule has 2 aromatic rings. The van der Waals surface area contributed by atoms with Gasteiger partial charge in [-0.05, 0) is 49.6 Å². The molecule has 0 saturated carbocycles. The summed E-state index contributed by atoms with van der Waals surface area (Å²) in [5, 5.41) is 0. The van der Waals surface area contributed by atoms with Gasteiger partial charge in [-0.3, -0.25) is 0 Å². The number of anilines is 2. The van der Waals surface area contributed by atoms with E-state index in [4.69, 9.17) is 5.73 Å². The number of hydrogen-bond donors (Lipinski definition) is 1. The molecule has 0 aliphatic heterocycles. The van der Waals surface area contributed by atoms with Crippen LogP contribution in [0, 0.1) is 19.7 Å². The molecule has 2 nitrogen and oxygen atoms in total. The van der Waals surface area contributed by atoms with Crippen molar-refractivity contribution in [3.05, 3.63) is 58.9 Å². The maximum atomic E-state index is 13.5. The number of nitrogen functional groups attached to an aromatic ring is 1. The summed E-state index contributed by atoms with van der Waals surface area (Å²) in [6.45, 7) is 7.54. The average Bonchev–Trinajstić information content (AvgIpc) is 2.42. The maximum Gasteiger partial charge on any atom is 0.128 e. The van der Waals surface area contributed by atoms with Gasteiger partial charge in [0, 0.05) is 13.1 Å². The number of hydrogen-bond acceptors (Lipinski definition) is 2. The molecule has 0 atom stereocenters. The zero-order chi connectivity index (χ0) is 14.7. The van der Waals surface area contributed by atoms with Gasteiger partial charge in [0.2, 0.25) is 0 Å². The van der Waals surface area contributed by atoms with Crippen molar-refractivity contribution in [3.63, 3.8) is 0 Å². The third-order valence-corrected chi connectivity index (χ3v) is 3.65. The quantitative estimate of drug-likeness (QED) is 0.851. The third-order valence-electron chi connectivity index (χ3n) is 3.65. The Morgan fingerprint density at radius 1 is 1.10 bits per heavy atom. The Balaban J connectivity index is 2.34. The fourth-order valence-corrected chi connectivity index (χ4v) is 2.32. The molecule has 0 aromatic heterocycles. The monoisotopic (exact) mass is 272 g/mol. The molecule has 3 heteroatoms. The summed E-state index contributed by atoms with van der Waals surface area (Å²) in [5.41, 5.74) is 10.5. The van der Waals surface area contributed by atoms with E-state index in [1.165, 1.54) is 17.2 Å². The van der Waals surface area contributed by atoms with Crippen LogP contribution in [-0.4, -0.2) is 6.54 Å². The lowest BCUT2D eigenvalue weighted by molar-refractivity contribution is 0.619. The molecule has 2 rings (SSSR count). The van der Waals surface area contributed by atoms with Crippen molar-refractivity contribution in [1.29, 1.82) is 0 Å². The Hall–Kier alpha value is -2.03. The molecular weight excluding hydrogens is 251 g/mol. The minimum Gasteiger partial charge on any atom is -0.397 e. The van der Waals surface area contributed by atoms with Gasteiger partial charge in [-0.1, -0.05) is 24.3 Å². The first kappa shape index (κ1) is 14.4. The van der Waals surface area contributed by atoms with Crippen molar-refractivity contribution in [3.8, 4) is 0 Å². The predicted molar refractivity (Wildman–Crippen MR) is 83.5 cm³/mol. The van der Waals surface area contributed by atoms with Crippen LogP contribution in [-0.2, 0) is 6.54 Å². The summed E-state index contributed by atoms with van der Waals surface area (Å²) in [6.07, 6.45) is 0. The fourth-order valence-electron chi connectivity index (χ4n) is 2.32. The van der Waals surface area contributed by atoms with E-state index in [0.717, 1.165) is 18.8 Å². The summed E-state index contributed by atoms with van der Waals surface area (Å²) < 4.78 is 13.5. The Bertz CT molecular complexity index is 608. The predicted octanol–water partition coefficient (Wildman–Crippen LogP) is 4.05. The summed E-state index contributed by atoms with van der Waals surface area (Å²) in [6, 6.07) is 11.5. The van der Waals surface area contributed by atoms with Crippen LogP contribution in [0.3, 0.4) is 0 Å². The van der Waals surface area contributed by atoms with E-state index >= 15 is 0 Å². The van der Waals surface area contributed by atoms with Gasteiger partial charge in [-0.25, -0.2) is 4.39 Å². The van der Waals surface area contributed by atoms with E-state index in [-0.39, 0.29) is 5.82 Å². The highest BCUT2D eigenvalue weighted by Crippen LogP contribution is 2.28. The average molecular weight is 272 g/mol. The number of rotatable bonds is 4. The first-order chi connectivity index (χ1) is 9.52. The minimum absolute atomic E-state index is 0.252. The van der Waals surface area contributed by atoms with E-state index < -0.39 is 0 Å². The maximum absolute atomic E-state index is 13.5. The lowest BCUT2D eigenvalue weighted by atomic mass is 10.1. The molecule has 0 spiro atoms. The first-order valence-corrected chi connectivity index (χ1v) is 6.88. The highest BCUT2D eigenvalue weighted by Gasteiger charge is 2.12. The van der Waals surface area contributed by atoms with Gasteiger partial charge in [0.05, 0.1) is 11.4 Å². The molecule has 0 fully saturated rings. The van der Waals surface area contributed by atoms with Crippen LogP contribution >= 0.6 is 0 Å². The van der Waals surface area contributed by atoms with Crippen molar-refractivity contribution in [2.24, 2.45) is 0 Å². The van der Waals surface area contributed by atoms with Crippen LogP contribution in [0.4, 0.5) is 15.8 Å². The molecular formula is C17H21FN2. The van der Waals surface area contributed by atoms with Crippen LogP contribution < -0.4 is 10.6 Å². The SMILES string of the molecule is CCN(Cc1ccccc1C)c1cc(C)c(F)cc1N. The standard InChI is InChI=1S/C17H21FN2/c1-4-20(11-14-8-6-5-7-12(14)2)17-9-13(3)15(18)10-16(17)19/h5-10H,4,11,19H2,1-3H3. The molecule has 2 N–H and O–H groups in total. The topological polar surface area (TPSA) is 29.3 Å². The number of nitrogens with zero attached hydrogens (tertiary/aromatic N) is 1. The fraction of sp³-hybridized carbons (Fsp3) is 0.294. The highest BCUT2D eigenvalue weighted by molar-refractivity contribution is 5.69. The highest BCUT2D eigenvalue weighted by atomic mass is 19.1. The number of benzene rings is 2. The zero-order valence-electron chi connectivity index (χ0n) is 12.3. The van der Waals surface area contributed by atoms with Crippen LogP contribution in [0.25, 0.3) is 0 Å². The second-order valence-corrected chi connectivity index (χ2v) is 5.10. The minimum atomic E-state index is -0.252. The Labute approximate surface area is 120 Å². The molecule has 20 heavy (non-hydrogen) atoms. The van der Waals surface area contributed by atoms with Gasteiger partial charge < -0.3 is 10.6 Å². The van der Waals surface area contributed by atoms with Gasteiger partial charge in [-0.2, -0.15) is 0 Å². The van der Waals surface area contributed by atoms with Crippen molar-refractivity contribution in [2.75, 3.05) is 17.2 Å². The Kier molecular flexibility index (Phi) is 4.28. The third kappa shape index (κ3) is 2.93. The van der Waals surface area contributed by atoms with E-state index in [2.05, 4.69) is 30.9 Å². The van der Waals surface area contributed by atoms with Gasteiger partial charge in [0.1, 0.15) is 5.82 Å². The van der Waals surface area contributed by atoms with E-state index in [1.54, 1.807) is 6.92 Å². The van der Waals surface area contributed by atoms with Crippen LogP contribution in [0.15, 0.2) is 36.4 Å². The van der Waals surface area contributed by atoms with E-state index in [0.29, 0.717) is 11.3 Å². The summed E-state index contributed by atoms with van der Waals surface area (Å²) >= 11 is 0. The number of aryl methyl sites for hydroxylation is 2. The van der Waals surface area contributed by atoms with Crippen molar-refractivity contribution in [1.82, 2.24) is 0 Å². The Morgan fingerprint density at radius 3 is 2.45 bits per heavy atom. The van der Waals surface area contributed by atoms with Crippen LogP contribution in [0.2, 0.25) is 0 Å². The summed E-state index contributed by atoms with van der Waals surface area (Å²) in [4.78, 5) is 2.17. The van der Waals surface area contributed by atoms with Gasteiger partial charge in [0.25, 0.3) is 0 Å². The van der Waals surface area contributed by atoms with Crippen molar-refractivity contribution in [2.45, 2.75) is 27.3 Å². The van der Waals surface area contributed by atoms with E-state index in [9.17, 15) is 4.39 Å². The van der Waals surface area contributed by atoms with Gasteiger partial charge in [0.15, 0.2) is 0 Å². The molecule has 0 aliphatic carbocycles. The molecule has 0 unspecified atom stereocenters. The van der Waals surface area contributed by atoms with Crippen LogP contribution in [0.5, 0.6) is 0 Å². The molecule has 0 saturated heterocycles. The molecule has 0 amide bonds. The molecule has 2 aromatic carbocycles. The van der Waals surface area contributed by atoms with Crippen molar-refractivity contribution >= 4 is 11.4 Å². The van der Waals surface area contributed by atoms with Crippen LogP contribution in [0.1, 0.15) is 23.6 Å². The second kappa shape index (κ2) is 5.95. The molecule has 0 bridgehead atoms. The second-order valence-electron chi connectivity index (χ2n) is 5.10. The van der Waals surface area contributed by atoms with Gasteiger partial charge in [-0.15, -0.1) is 0 Å².